The molecule has 0 N–H and O–H groups in total. The van der Waals surface area contributed by atoms with E-state index in [-0.39, 0.29) is 23.5 Å². The Labute approximate surface area is 221 Å². The second-order valence-electron chi connectivity index (χ2n) is 10.6. The van der Waals surface area contributed by atoms with Crippen molar-refractivity contribution >= 4 is 28.4 Å². The molecule has 0 spiro atoms. The largest absolute Gasteiger partial charge is 0.370 e. The van der Waals surface area contributed by atoms with Crippen LogP contribution in [0.2, 0.25) is 0 Å². The number of benzene rings is 2. The Bertz CT molecular complexity index is 1420. The highest BCUT2D eigenvalue weighted by molar-refractivity contribution is 6.07. The Hall–Kier alpha value is -3.99. The molecule has 2 amide bonds. The Balaban J connectivity index is 1.29. The second kappa shape index (κ2) is 9.71. The molecule has 38 heavy (non-hydrogen) atoms. The van der Waals surface area contributed by atoms with Crippen LogP contribution in [-0.4, -0.2) is 65.9 Å². The van der Waals surface area contributed by atoms with E-state index in [2.05, 4.69) is 14.7 Å². The molecule has 2 aromatic carbocycles. The quantitative estimate of drug-likeness (QED) is 0.485. The molecule has 8 heteroatoms. The summed E-state index contributed by atoms with van der Waals surface area (Å²) in [5, 5.41) is 0.605. The summed E-state index contributed by atoms with van der Waals surface area (Å²) in [5.41, 5.74) is 2.15. The van der Waals surface area contributed by atoms with Gasteiger partial charge in [-0.15, -0.1) is 0 Å². The molecule has 0 unspecified atom stereocenters. The highest BCUT2D eigenvalue weighted by atomic mass is 19.1. The van der Waals surface area contributed by atoms with E-state index in [1.807, 2.05) is 35.2 Å². The lowest BCUT2D eigenvalue weighted by Crippen LogP contribution is -2.51. The van der Waals surface area contributed by atoms with Gasteiger partial charge < -0.3 is 19.5 Å². The van der Waals surface area contributed by atoms with Crippen molar-refractivity contribution in [2.45, 2.75) is 31.2 Å². The van der Waals surface area contributed by atoms with Gasteiger partial charge in [-0.05, 0) is 31.0 Å². The lowest BCUT2D eigenvalue weighted by molar-refractivity contribution is -0.134. The number of nitrogens with zero attached hydrogens (tertiary/aromatic N) is 5. The second-order valence-corrected chi connectivity index (χ2v) is 10.6. The monoisotopic (exact) mass is 511 g/mol. The van der Waals surface area contributed by atoms with Gasteiger partial charge >= 0.3 is 0 Å². The number of halogens is 1. The molecular weight excluding hydrogens is 481 g/mol. The molecule has 0 bridgehead atoms. The van der Waals surface area contributed by atoms with Gasteiger partial charge in [-0.25, -0.2) is 11.0 Å². The van der Waals surface area contributed by atoms with Crippen LogP contribution < -0.4 is 4.90 Å². The third-order valence-corrected chi connectivity index (χ3v) is 8.27. The van der Waals surface area contributed by atoms with Gasteiger partial charge in [-0.3, -0.25) is 14.6 Å². The number of hydrogen-bond acceptors (Lipinski definition) is 4. The highest BCUT2D eigenvalue weighted by Crippen LogP contribution is 2.41. The van der Waals surface area contributed by atoms with Crippen LogP contribution in [0, 0.1) is 18.3 Å². The first-order valence-electron chi connectivity index (χ1n) is 13.3. The molecule has 2 aliphatic heterocycles. The summed E-state index contributed by atoms with van der Waals surface area (Å²) in [6, 6.07) is 14.4. The molecule has 3 fully saturated rings. The molecule has 194 valence electrons. The number of amides is 2. The molecule has 3 aliphatic rings. The lowest BCUT2D eigenvalue weighted by atomic mass is 9.81. The van der Waals surface area contributed by atoms with Crippen molar-refractivity contribution in [3.63, 3.8) is 0 Å². The summed E-state index contributed by atoms with van der Waals surface area (Å²) in [7, 11) is 0. The first-order chi connectivity index (χ1) is 18.5. The van der Waals surface area contributed by atoms with Gasteiger partial charge in [0.15, 0.2) is 0 Å². The van der Waals surface area contributed by atoms with Gasteiger partial charge in [0.25, 0.3) is 11.4 Å². The van der Waals surface area contributed by atoms with Crippen LogP contribution in [0.4, 0.5) is 10.1 Å². The van der Waals surface area contributed by atoms with Crippen molar-refractivity contribution in [2.24, 2.45) is 5.92 Å². The number of carbonyl (C=O) groups is 2. The van der Waals surface area contributed by atoms with Crippen LogP contribution in [0.3, 0.4) is 0 Å². The van der Waals surface area contributed by atoms with E-state index >= 15 is 0 Å². The van der Waals surface area contributed by atoms with E-state index in [4.69, 9.17) is 6.57 Å². The summed E-state index contributed by atoms with van der Waals surface area (Å²) >= 11 is 0. The summed E-state index contributed by atoms with van der Waals surface area (Å²) < 4.78 is 14.4. The van der Waals surface area contributed by atoms with E-state index < -0.39 is 5.54 Å². The molecular formula is C30H30FN5O2. The van der Waals surface area contributed by atoms with E-state index in [1.165, 1.54) is 12.1 Å². The molecule has 1 aromatic heterocycles. The van der Waals surface area contributed by atoms with Crippen LogP contribution >= 0.6 is 0 Å². The number of aromatic nitrogens is 1. The third-order valence-electron chi connectivity index (χ3n) is 8.27. The van der Waals surface area contributed by atoms with Gasteiger partial charge in [0.05, 0.1) is 16.8 Å². The zero-order chi connectivity index (χ0) is 26.3. The minimum Gasteiger partial charge on any atom is -0.370 e. The van der Waals surface area contributed by atoms with Gasteiger partial charge in [-0.1, -0.05) is 30.3 Å². The maximum atomic E-state index is 14.4. The molecule has 1 aliphatic carbocycles. The molecule has 3 heterocycles. The van der Waals surface area contributed by atoms with Crippen LogP contribution in [0.15, 0.2) is 54.7 Å². The number of rotatable bonds is 4. The third kappa shape index (κ3) is 4.36. The summed E-state index contributed by atoms with van der Waals surface area (Å²) in [6.07, 6.45) is 4.75. The maximum Gasteiger partial charge on any atom is 0.260 e. The fourth-order valence-electron chi connectivity index (χ4n) is 5.85. The number of hydrogen-bond donors (Lipinski definition) is 0. The molecule has 3 aromatic rings. The Kier molecular flexibility index (Phi) is 6.22. The zero-order valence-corrected chi connectivity index (χ0v) is 21.3. The highest BCUT2D eigenvalue weighted by Gasteiger charge is 2.43. The summed E-state index contributed by atoms with van der Waals surface area (Å²) in [5.74, 6) is -0.159. The van der Waals surface area contributed by atoms with E-state index in [0.29, 0.717) is 74.3 Å². The van der Waals surface area contributed by atoms with Crippen molar-refractivity contribution in [1.82, 2.24) is 14.8 Å². The van der Waals surface area contributed by atoms with Crippen molar-refractivity contribution in [2.75, 3.05) is 44.2 Å². The number of pyridine rings is 1. The van der Waals surface area contributed by atoms with E-state index in [0.717, 1.165) is 18.4 Å². The zero-order valence-electron chi connectivity index (χ0n) is 21.3. The Morgan fingerprint density at radius 2 is 1.63 bits per heavy atom. The Morgan fingerprint density at radius 3 is 2.29 bits per heavy atom. The predicted octanol–water partition coefficient (Wildman–Crippen LogP) is 4.48. The Morgan fingerprint density at radius 1 is 0.947 bits per heavy atom. The molecule has 0 atom stereocenters. The van der Waals surface area contributed by atoms with Crippen molar-refractivity contribution < 1.29 is 14.0 Å². The summed E-state index contributed by atoms with van der Waals surface area (Å²) in [4.78, 5) is 40.6. The molecule has 0 radical (unpaired) electrons. The first kappa shape index (κ1) is 24.4. The number of carbonyl (C=O) groups excluding carboxylic acids is 2. The van der Waals surface area contributed by atoms with Crippen molar-refractivity contribution in [3.8, 4) is 0 Å². The molecule has 7 nitrogen and oxygen atoms in total. The van der Waals surface area contributed by atoms with Crippen molar-refractivity contribution in [1.29, 1.82) is 0 Å². The normalized spacial score (nSPS) is 19.3. The average Bonchev–Trinajstić information content (AvgIpc) is 3.82. The van der Waals surface area contributed by atoms with Gasteiger partial charge in [0.2, 0.25) is 5.91 Å². The number of fused-ring (bicyclic) bond motifs is 1. The van der Waals surface area contributed by atoms with E-state index in [1.54, 1.807) is 17.2 Å². The van der Waals surface area contributed by atoms with Gasteiger partial charge in [-0.2, -0.15) is 0 Å². The average molecular weight is 512 g/mol. The van der Waals surface area contributed by atoms with Gasteiger partial charge in [0.1, 0.15) is 5.82 Å². The lowest BCUT2D eigenvalue weighted by Gasteiger charge is -2.38. The molecule has 1 saturated carbocycles. The predicted molar refractivity (Wildman–Crippen MR) is 143 cm³/mol. The standard InChI is InChI=1S/C30H30FN5O2/c1-32-30(22-5-3-2-4-6-22)11-13-34(14-12-30)27-24-19-23(31)9-10-26(24)33-20-25(27)29(38)36-17-15-35(16-18-36)28(37)21-7-8-21/h2-6,9-10,19-21H,7-8,11-18H2. The number of anilines is 1. The fourth-order valence-corrected chi connectivity index (χ4v) is 5.85. The van der Waals surface area contributed by atoms with Crippen LogP contribution in [0.5, 0.6) is 0 Å². The minimum absolute atomic E-state index is 0.151. The van der Waals surface area contributed by atoms with Crippen LogP contribution in [-0.2, 0) is 10.3 Å². The smallest absolute Gasteiger partial charge is 0.260 e. The fraction of sp³-hybridized carbons (Fsp3) is 0.400. The minimum atomic E-state index is -0.611. The van der Waals surface area contributed by atoms with Crippen molar-refractivity contribution in [3.05, 3.63) is 83.1 Å². The van der Waals surface area contributed by atoms with E-state index in [9.17, 15) is 14.0 Å². The topological polar surface area (TPSA) is 61.1 Å². The molecule has 6 rings (SSSR count). The van der Waals surface area contributed by atoms with Crippen LogP contribution in [0.1, 0.15) is 41.6 Å². The number of piperazine rings is 1. The van der Waals surface area contributed by atoms with Crippen LogP contribution in [0.25, 0.3) is 15.7 Å². The summed E-state index contributed by atoms with van der Waals surface area (Å²) in [6.45, 7) is 11.1. The molecule has 2 saturated heterocycles. The first-order valence-corrected chi connectivity index (χ1v) is 13.3. The maximum absolute atomic E-state index is 14.4. The number of piperidine rings is 1. The van der Waals surface area contributed by atoms with Gasteiger partial charge in [0, 0.05) is 75.2 Å². The SMILES string of the molecule is [C-]#[N+]C1(c2ccccc2)CCN(c2c(C(=O)N3CCN(C(=O)C4CC4)CC3)cnc3ccc(F)cc23)CC1.